The Bertz CT molecular complexity index is 831. The molecule has 2 atom stereocenters. The maximum absolute atomic E-state index is 12.2. The van der Waals surface area contributed by atoms with E-state index in [1.54, 1.807) is 36.4 Å². The summed E-state index contributed by atoms with van der Waals surface area (Å²) in [4.78, 5) is 16.4. The van der Waals surface area contributed by atoms with Gasteiger partial charge >= 0.3 is 5.97 Å². The zero-order chi connectivity index (χ0) is 19.6. The highest BCUT2D eigenvalue weighted by molar-refractivity contribution is 6.55. The molecule has 0 spiro atoms. The Morgan fingerprint density at radius 2 is 1.96 bits per heavy atom. The molecule has 0 aliphatic heterocycles. The van der Waals surface area contributed by atoms with Crippen LogP contribution >= 0.6 is 23.2 Å². The van der Waals surface area contributed by atoms with E-state index in [1.165, 1.54) is 0 Å². The van der Waals surface area contributed by atoms with Crippen molar-refractivity contribution in [2.45, 2.75) is 25.9 Å². The zero-order valence-electron chi connectivity index (χ0n) is 14.6. The van der Waals surface area contributed by atoms with Gasteiger partial charge in [-0.25, -0.2) is 4.98 Å². The molecule has 0 fully saturated rings. The van der Waals surface area contributed by atoms with Gasteiger partial charge in [0.2, 0.25) is 12.0 Å². The second-order valence-corrected chi connectivity index (χ2v) is 6.65. The van der Waals surface area contributed by atoms with E-state index in [9.17, 15) is 10.1 Å². The molecule has 0 saturated carbocycles. The van der Waals surface area contributed by atoms with Crippen LogP contribution in [0.4, 0.5) is 0 Å². The van der Waals surface area contributed by atoms with Crippen LogP contribution in [0.1, 0.15) is 31.6 Å². The molecule has 2 aromatic rings. The Labute approximate surface area is 168 Å². The number of nitriles is 1. The quantitative estimate of drug-likeness (QED) is 0.526. The van der Waals surface area contributed by atoms with Gasteiger partial charge in [0.1, 0.15) is 16.3 Å². The number of carbonyl (C=O) groups is 1. The van der Waals surface area contributed by atoms with E-state index in [4.69, 9.17) is 32.7 Å². The van der Waals surface area contributed by atoms with Gasteiger partial charge in [-0.2, -0.15) is 5.26 Å². The molecule has 1 aromatic carbocycles. The second-order valence-electron chi connectivity index (χ2n) is 5.64. The Morgan fingerprint density at radius 3 is 2.59 bits per heavy atom. The highest BCUT2D eigenvalue weighted by Gasteiger charge is 2.20. The largest absolute Gasteiger partial charge is 0.440 e. The first-order valence-electron chi connectivity index (χ1n) is 8.33. The maximum atomic E-state index is 12.2. The van der Waals surface area contributed by atoms with Crippen LogP contribution in [0.3, 0.4) is 0 Å². The van der Waals surface area contributed by atoms with Gasteiger partial charge in [-0.3, -0.25) is 4.79 Å². The van der Waals surface area contributed by atoms with Crippen LogP contribution in [0.25, 0.3) is 0 Å². The summed E-state index contributed by atoms with van der Waals surface area (Å²) >= 11 is 11.3. The number of pyridine rings is 1. The molecule has 7 heteroatoms. The minimum atomic E-state index is -1.13. The van der Waals surface area contributed by atoms with Gasteiger partial charge in [-0.15, -0.1) is 0 Å². The molecule has 0 aliphatic carbocycles. The van der Waals surface area contributed by atoms with Crippen molar-refractivity contribution in [3.63, 3.8) is 0 Å². The summed E-state index contributed by atoms with van der Waals surface area (Å²) in [6.45, 7) is 1.90. The van der Waals surface area contributed by atoms with Crippen LogP contribution in [-0.2, 0) is 9.53 Å². The second kappa shape index (κ2) is 10.6. The molecular weight excluding hydrogens is 387 g/mol. The Balaban J connectivity index is 2.06. The molecule has 140 valence electrons. The summed E-state index contributed by atoms with van der Waals surface area (Å²) in [6.07, 6.45) is 1.18. The number of nitrogens with zero attached hydrogens (tertiary/aromatic N) is 2. The topological polar surface area (TPSA) is 72.2 Å². The van der Waals surface area contributed by atoms with Crippen molar-refractivity contribution >= 4 is 29.2 Å². The first-order valence-corrected chi connectivity index (χ1v) is 9.09. The molecule has 0 aliphatic rings. The highest BCUT2D eigenvalue weighted by Crippen LogP contribution is 2.24. The van der Waals surface area contributed by atoms with E-state index in [2.05, 4.69) is 4.98 Å². The summed E-state index contributed by atoms with van der Waals surface area (Å²) in [5, 5.41) is 9.38. The Hall–Kier alpha value is -2.55. The van der Waals surface area contributed by atoms with E-state index in [1.807, 2.05) is 31.2 Å². The molecule has 1 aromatic heterocycles. The first-order chi connectivity index (χ1) is 13.0. The molecule has 1 heterocycles. The third-order valence-electron chi connectivity index (χ3n) is 3.66. The van der Waals surface area contributed by atoms with E-state index in [0.717, 1.165) is 0 Å². The number of carbonyl (C=O) groups excluding carboxylic acids is 1. The van der Waals surface area contributed by atoms with Crippen molar-refractivity contribution in [2.24, 2.45) is 5.92 Å². The van der Waals surface area contributed by atoms with E-state index < -0.39 is 12.1 Å². The van der Waals surface area contributed by atoms with Crippen LogP contribution in [0.15, 0.2) is 59.1 Å². The number of benzene rings is 1. The van der Waals surface area contributed by atoms with E-state index in [0.29, 0.717) is 23.7 Å². The standard InChI is InChI=1S/C20H18Cl2N2O3/c1-2-14(11-18(21)22)12-20(25)27-17(13-23)16-9-6-10-19(24-16)26-15-7-4-3-5-8-15/h3-11,14,17H,2,12H2,1H3. The first kappa shape index (κ1) is 20.8. The van der Waals surface area contributed by atoms with Gasteiger partial charge in [-0.05, 0) is 30.5 Å². The maximum Gasteiger partial charge on any atom is 0.308 e. The molecular formula is C20H18Cl2N2O3. The molecule has 2 rings (SSSR count). The summed E-state index contributed by atoms with van der Waals surface area (Å²) in [6, 6.07) is 16.0. The molecule has 0 bridgehead atoms. The highest BCUT2D eigenvalue weighted by atomic mass is 35.5. The molecule has 0 radical (unpaired) electrons. The average Bonchev–Trinajstić information content (AvgIpc) is 2.66. The van der Waals surface area contributed by atoms with Crippen molar-refractivity contribution in [1.82, 2.24) is 4.98 Å². The van der Waals surface area contributed by atoms with E-state index in [-0.39, 0.29) is 16.8 Å². The summed E-state index contributed by atoms with van der Waals surface area (Å²) in [5.74, 6) is 0.222. The average molecular weight is 405 g/mol. The van der Waals surface area contributed by atoms with Crippen molar-refractivity contribution in [1.29, 1.82) is 5.26 Å². The van der Waals surface area contributed by atoms with Gasteiger partial charge in [0.05, 0.1) is 12.1 Å². The smallest absolute Gasteiger partial charge is 0.308 e. The molecule has 0 saturated heterocycles. The minimum Gasteiger partial charge on any atom is -0.440 e. The van der Waals surface area contributed by atoms with Gasteiger partial charge in [-0.1, -0.05) is 60.5 Å². The zero-order valence-corrected chi connectivity index (χ0v) is 16.2. The van der Waals surface area contributed by atoms with Crippen LogP contribution in [-0.4, -0.2) is 11.0 Å². The fourth-order valence-corrected chi connectivity index (χ4v) is 2.65. The number of esters is 1. The number of aromatic nitrogens is 1. The van der Waals surface area contributed by atoms with Crippen molar-refractivity contribution < 1.29 is 14.3 Å². The third-order valence-corrected chi connectivity index (χ3v) is 3.91. The predicted molar refractivity (Wildman–Crippen MR) is 103 cm³/mol. The Morgan fingerprint density at radius 1 is 1.22 bits per heavy atom. The third kappa shape index (κ3) is 6.93. The molecule has 0 amide bonds. The fraction of sp³-hybridized carbons (Fsp3) is 0.250. The van der Waals surface area contributed by atoms with Gasteiger partial charge in [0, 0.05) is 6.07 Å². The van der Waals surface area contributed by atoms with Crippen molar-refractivity contribution in [3.05, 3.63) is 64.8 Å². The minimum absolute atomic E-state index is 0.0673. The number of rotatable bonds is 8. The molecule has 2 unspecified atom stereocenters. The van der Waals surface area contributed by atoms with Crippen molar-refractivity contribution in [2.75, 3.05) is 0 Å². The number of para-hydroxylation sites is 1. The van der Waals surface area contributed by atoms with E-state index >= 15 is 0 Å². The van der Waals surface area contributed by atoms with Crippen LogP contribution in [0.2, 0.25) is 0 Å². The van der Waals surface area contributed by atoms with Crippen LogP contribution < -0.4 is 4.74 Å². The normalized spacial score (nSPS) is 12.4. The number of hydrogen-bond acceptors (Lipinski definition) is 5. The number of allylic oxidation sites excluding steroid dienone is 1. The summed E-state index contributed by atoms with van der Waals surface area (Å²) in [5.41, 5.74) is 0.290. The lowest BCUT2D eigenvalue weighted by Crippen LogP contribution is -2.14. The lowest BCUT2D eigenvalue weighted by atomic mass is 10.0. The fourth-order valence-electron chi connectivity index (χ4n) is 2.29. The van der Waals surface area contributed by atoms with Crippen molar-refractivity contribution in [3.8, 4) is 17.7 Å². The summed E-state index contributed by atoms with van der Waals surface area (Å²) in [7, 11) is 0. The van der Waals surface area contributed by atoms with Crippen LogP contribution in [0.5, 0.6) is 11.6 Å². The lowest BCUT2D eigenvalue weighted by molar-refractivity contribution is -0.147. The monoisotopic (exact) mass is 404 g/mol. The summed E-state index contributed by atoms with van der Waals surface area (Å²) < 4.78 is 11.0. The van der Waals surface area contributed by atoms with Gasteiger partial charge in [0.25, 0.3) is 0 Å². The molecule has 27 heavy (non-hydrogen) atoms. The number of hydrogen-bond donors (Lipinski definition) is 0. The molecule has 0 N–H and O–H groups in total. The lowest BCUT2D eigenvalue weighted by Gasteiger charge is -2.14. The predicted octanol–water partition coefficient (Wildman–Crippen LogP) is 5.72. The molecule has 5 nitrogen and oxygen atoms in total. The number of ether oxygens (including phenoxy) is 2. The SMILES string of the molecule is CCC(C=C(Cl)Cl)CC(=O)OC(C#N)c1cccc(Oc2ccccc2)n1. The van der Waals surface area contributed by atoms with Crippen LogP contribution in [0, 0.1) is 17.2 Å². The van der Waals surface area contributed by atoms with Gasteiger partial charge in [0.15, 0.2) is 0 Å². The number of halogens is 2. The van der Waals surface area contributed by atoms with Gasteiger partial charge < -0.3 is 9.47 Å². The Kier molecular flexibility index (Phi) is 8.12.